The van der Waals surface area contributed by atoms with Crippen LogP contribution in [0.3, 0.4) is 0 Å². The summed E-state index contributed by atoms with van der Waals surface area (Å²) < 4.78 is 85.1. The number of rotatable bonds is 1. The molecule has 0 saturated heterocycles. The zero-order chi connectivity index (χ0) is 12.0. The zero-order valence-electron chi connectivity index (χ0n) is 5.78. The summed E-state index contributed by atoms with van der Waals surface area (Å²) in [6.07, 6.45) is -12.0. The van der Waals surface area contributed by atoms with E-state index < -0.39 is 20.6 Å². The van der Waals surface area contributed by atoms with E-state index in [-0.39, 0.29) is 22.6 Å². The highest BCUT2D eigenvalue weighted by Gasteiger charge is 2.77. The van der Waals surface area contributed by atoms with Crippen LogP contribution in [0.15, 0.2) is 0 Å². The van der Waals surface area contributed by atoms with Gasteiger partial charge in [0.05, 0.1) is 0 Å². The topological polar surface area (TPSA) is 0 Å². The Morgan fingerprint density at radius 3 is 1.07 bits per heavy atom. The Kier molecular flexibility index (Phi) is 3.76. The van der Waals surface area contributed by atoms with Crippen molar-refractivity contribution in [2.24, 2.45) is 0 Å². The SMILES string of the molecule is FC(F)(F)C(F)(Br)C(F)(I)C(F)(F)F. The van der Waals surface area contributed by atoms with Gasteiger partial charge in [-0.15, -0.1) is 0 Å². The molecule has 2 atom stereocenters. The van der Waals surface area contributed by atoms with Crippen molar-refractivity contribution in [2.45, 2.75) is 20.6 Å². The Labute approximate surface area is 94.3 Å². The van der Waals surface area contributed by atoms with E-state index in [0.29, 0.717) is 0 Å². The summed E-state index contributed by atoms with van der Waals surface area (Å²) in [7, 11) is 0. The van der Waals surface area contributed by atoms with Crippen molar-refractivity contribution < 1.29 is 35.1 Å². The van der Waals surface area contributed by atoms with E-state index in [9.17, 15) is 35.1 Å². The highest BCUT2D eigenvalue weighted by atomic mass is 127. The van der Waals surface area contributed by atoms with Gasteiger partial charge >= 0.3 is 20.6 Å². The highest BCUT2D eigenvalue weighted by Crippen LogP contribution is 2.58. The van der Waals surface area contributed by atoms with Crippen LogP contribution in [0.1, 0.15) is 0 Å². The van der Waals surface area contributed by atoms with Gasteiger partial charge in [-0.05, 0) is 38.5 Å². The van der Waals surface area contributed by atoms with Gasteiger partial charge in [-0.3, -0.25) is 0 Å². The van der Waals surface area contributed by atoms with Gasteiger partial charge in [0.1, 0.15) is 0 Å². The van der Waals surface area contributed by atoms with Gasteiger partial charge < -0.3 is 0 Å². The molecule has 0 N–H and O–H groups in total. The molecule has 0 heterocycles. The first-order chi connectivity index (χ1) is 5.75. The van der Waals surface area contributed by atoms with E-state index in [1.807, 2.05) is 0 Å². The molecule has 0 fully saturated rings. The summed E-state index contributed by atoms with van der Waals surface area (Å²) in [4.78, 5) is 0. The van der Waals surface area contributed by atoms with Gasteiger partial charge in [-0.2, -0.15) is 26.3 Å². The van der Waals surface area contributed by atoms with Crippen LogP contribution < -0.4 is 0 Å². The van der Waals surface area contributed by atoms with Crippen LogP contribution in [-0.2, 0) is 0 Å². The van der Waals surface area contributed by atoms with Crippen LogP contribution in [0.5, 0.6) is 0 Å². The minimum Gasteiger partial charge on any atom is -0.217 e. The van der Waals surface area contributed by atoms with Crippen LogP contribution in [0.4, 0.5) is 35.1 Å². The van der Waals surface area contributed by atoms with Crippen molar-refractivity contribution >= 4 is 38.5 Å². The Bertz CT molecular complexity index is 190. The molecule has 0 saturated carbocycles. The van der Waals surface area contributed by atoms with E-state index in [1.54, 1.807) is 0 Å². The van der Waals surface area contributed by atoms with Crippen molar-refractivity contribution in [2.75, 3.05) is 0 Å². The quantitative estimate of drug-likeness (QED) is 0.346. The van der Waals surface area contributed by atoms with Gasteiger partial charge in [0.15, 0.2) is 0 Å². The monoisotopic (exact) mass is 406 g/mol. The molecule has 0 rings (SSSR count). The second-order valence-electron chi connectivity index (χ2n) is 2.14. The first kappa shape index (κ1) is 14.6. The predicted octanol–water partition coefficient (Wildman–Crippen LogP) is 4.27. The van der Waals surface area contributed by atoms with Gasteiger partial charge in [-0.1, -0.05) is 0 Å². The maximum Gasteiger partial charge on any atom is 0.437 e. The summed E-state index contributed by atoms with van der Waals surface area (Å²) in [5.74, 6) is 0. The summed E-state index contributed by atoms with van der Waals surface area (Å²) >= 11 is 0.783. The fourth-order valence-electron chi connectivity index (χ4n) is 0.356. The molecule has 0 aromatic rings. The lowest BCUT2D eigenvalue weighted by atomic mass is 10.2. The van der Waals surface area contributed by atoms with Gasteiger partial charge in [0.25, 0.3) is 0 Å². The Balaban J connectivity index is 5.30. The molecule has 0 radical (unpaired) electrons. The third-order valence-electron chi connectivity index (χ3n) is 1.11. The number of alkyl halides is 10. The molecule has 86 valence electrons. The normalized spacial score (nSPS) is 22.7. The smallest absolute Gasteiger partial charge is 0.217 e. The van der Waals surface area contributed by atoms with Crippen LogP contribution in [0.2, 0.25) is 0 Å². The number of hydrogen-bond donors (Lipinski definition) is 0. The van der Waals surface area contributed by atoms with Crippen LogP contribution >= 0.6 is 38.5 Å². The highest BCUT2D eigenvalue weighted by molar-refractivity contribution is 14.1. The number of halogens is 10. The van der Waals surface area contributed by atoms with E-state index in [2.05, 4.69) is 0 Å². The first-order valence-corrected chi connectivity index (χ1v) is 4.51. The maximum absolute atomic E-state index is 12.6. The molecule has 2 unspecified atom stereocenters. The molecule has 10 heteroatoms. The summed E-state index contributed by atoms with van der Waals surface area (Å²) in [6, 6.07) is 0. The molecule has 0 spiro atoms. The van der Waals surface area contributed by atoms with Crippen molar-refractivity contribution in [1.82, 2.24) is 0 Å². The van der Waals surface area contributed by atoms with Crippen LogP contribution in [-0.4, -0.2) is 20.6 Å². The van der Waals surface area contributed by atoms with Crippen molar-refractivity contribution in [3.8, 4) is 0 Å². The minimum atomic E-state index is -6.02. The van der Waals surface area contributed by atoms with Gasteiger partial charge in [-0.25, -0.2) is 8.78 Å². The molecule has 0 aliphatic carbocycles. The van der Waals surface area contributed by atoms with Gasteiger partial charge in [0.2, 0.25) is 0 Å². The second kappa shape index (κ2) is 3.59. The Morgan fingerprint density at radius 1 is 0.714 bits per heavy atom. The molecule has 0 aromatic carbocycles. The zero-order valence-corrected chi connectivity index (χ0v) is 9.52. The fourth-order valence-corrected chi connectivity index (χ4v) is 0.887. The van der Waals surface area contributed by atoms with E-state index in [0.717, 1.165) is 15.9 Å². The lowest BCUT2D eigenvalue weighted by Crippen LogP contribution is -2.57. The average molecular weight is 407 g/mol. The maximum atomic E-state index is 12.6. The second-order valence-corrected chi connectivity index (χ2v) is 4.72. The number of hydrogen-bond acceptors (Lipinski definition) is 0. The van der Waals surface area contributed by atoms with E-state index in [4.69, 9.17) is 0 Å². The summed E-state index contributed by atoms with van der Waals surface area (Å²) in [5.41, 5.74) is 0. The lowest BCUT2D eigenvalue weighted by Gasteiger charge is -2.33. The molecule has 0 nitrogen and oxygen atoms in total. The summed E-state index contributed by atoms with van der Waals surface area (Å²) in [6.45, 7) is 0. The molecular weight excluding hydrogens is 407 g/mol. The minimum absolute atomic E-state index is 0.283. The molecule has 0 aromatic heterocycles. The van der Waals surface area contributed by atoms with Crippen molar-refractivity contribution in [1.29, 1.82) is 0 Å². The first-order valence-electron chi connectivity index (χ1n) is 2.64. The van der Waals surface area contributed by atoms with Crippen LogP contribution in [0, 0.1) is 0 Å². The molecule has 14 heavy (non-hydrogen) atoms. The molecule has 0 aliphatic heterocycles. The molecular formula is C4BrF8I. The average Bonchev–Trinajstić information content (AvgIpc) is 1.81. The summed E-state index contributed by atoms with van der Waals surface area (Å²) in [5, 5.41) is 0. The van der Waals surface area contributed by atoms with Gasteiger partial charge in [0, 0.05) is 0 Å². The van der Waals surface area contributed by atoms with E-state index in [1.165, 1.54) is 0 Å². The van der Waals surface area contributed by atoms with Crippen molar-refractivity contribution in [3.05, 3.63) is 0 Å². The third kappa shape index (κ3) is 2.25. The largest absolute Gasteiger partial charge is 0.437 e. The standard InChI is InChI=1S/C4BrF8I/c5-1(6,3(8,9)10)2(7,14)4(11,12)13. The predicted molar refractivity (Wildman–Crippen MR) is 42.7 cm³/mol. The Morgan fingerprint density at radius 2 is 1.00 bits per heavy atom. The molecule has 0 aliphatic rings. The Hall–Kier alpha value is 0.650. The fraction of sp³-hybridized carbons (Fsp3) is 1.00. The molecule has 0 bridgehead atoms. The van der Waals surface area contributed by atoms with E-state index >= 15 is 0 Å². The van der Waals surface area contributed by atoms with Crippen LogP contribution in [0.25, 0.3) is 0 Å². The van der Waals surface area contributed by atoms with Crippen molar-refractivity contribution in [3.63, 3.8) is 0 Å². The molecule has 0 amide bonds. The lowest BCUT2D eigenvalue weighted by molar-refractivity contribution is -0.274. The third-order valence-corrected chi connectivity index (χ3v) is 4.20.